The lowest BCUT2D eigenvalue weighted by atomic mass is 9.97. The molecule has 0 saturated carbocycles. The lowest BCUT2D eigenvalue weighted by Gasteiger charge is -2.26. The lowest BCUT2D eigenvalue weighted by Crippen LogP contribution is -2.15. The fourth-order valence-corrected chi connectivity index (χ4v) is 2.89. The number of rotatable bonds is 3. The molecule has 1 atom stereocenters. The fraction of sp³-hybridized carbons (Fsp3) is 0.150. The number of aromatic nitrogens is 1. The summed E-state index contributed by atoms with van der Waals surface area (Å²) in [5.74, 6) is 2.10. The Bertz CT molecular complexity index is 832. The molecule has 1 aliphatic heterocycles. The number of hydrogen-bond donors (Lipinski definition) is 1. The van der Waals surface area contributed by atoms with Crippen LogP contribution in [0.25, 0.3) is 0 Å². The molecule has 4 nitrogen and oxygen atoms in total. The third-order valence-electron chi connectivity index (χ3n) is 4.14. The first-order valence-corrected chi connectivity index (χ1v) is 8.02. The van der Waals surface area contributed by atoms with Crippen molar-refractivity contribution in [2.75, 3.05) is 5.73 Å². The molecule has 0 saturated heterocycles. The van der Waals surface area contributed by atoms with E-state index < -0.39 is 0 Å². The molecule has 0 aliphatic carbocycles. The third-order valence-corrected chi connectivity index (χ3v) is 4.14. The topological polar surface area (TPSA) is 57.4 Å². The average Bonchev–Trinajstić information content (AvgIpc) is 2.64. The summed E-state index contributed by atoms with van der Waals surface area (Å²) >= 11 is 0. The van der Waals surface area contributed by atoms with Gasteiger partial charge in [-0.1, -0.05) is 36.4 Å². The standard InChI is InChI=1S/C20H18N2O2/c21-16-8-11-20(22-13-16)23-17-9-6-15-7-10-18(24-19(15)12-17)14-4-2-1-3-5-14/h1-6,8-9,11-13,18H,7,10,21H2. The predicted molar refractivity (Wildman–Crippen MR) is 93.3 cm³/mol. The van der Waals surface area contributed by atoms with Crippen LogP contribution in [0.15, 0.2) is 66.9 Å². The summed E-state index contributed by atoms with van der Waals surface area (Å²) in [6.07, 6.45) is 3.64. The van der Waals surface area contributed by atoms with E-state index in [1.165, 1.54) is 11.1 Å². The number of ether oxygens (including phenoxy) is 2. The zero-order chi connectivity index (χ0) is 16.4. The molecule has 1 aliphatic rings. The molecule has 4 rings (SSSR count). The number of nitrogens with zero attached hydrogens (tertiary/aromatic N) is 1. The maximum atomic E-state index is 6.20. The van der Waals surface area contributed by atoms with Crippen LogP contribution in [-0.4, -0.2) is 4.98 Å². The van der Waals surface area contributed by atoms with Gasteiger partial charge >= 0.3 is 0 Å². The molecule has 2 N–H and O–H groups in total. The van der Waals surface area contributed by atoms with Gasteiger partial charge < -0.3 is 15.2 Å². The number of hydrogen-bond acceptors (Lipinski definition) is 4. The molecule has 0 fully saturated rings. The Morgan fingerprint density at radius 3 is 2.71 bits per heavy atom. The molecule has 3 aromatic rings. The van der Waals surface area contributed by atoms with Gasteiger partial charge in [0.1, 0.15) is 17.6 Å². The Balaban J connectivity index is 1.55. The van der Waals surface area contributed by atoms with Crippen LogP contribution in [0, 0.1) is 0 Å². The Morgan fingerprint density at radius 2 is 1.92 bits per heavy atom. The van der Waals surface area contributed by atoms with Gasteiger partial charge in [0, 0.05) is 12.1 Å². The van der Waals surface area contributed by atoms with E-state index in [4.69, 9.17) is 15.2 Å². The van der Waals surface area contributed by atoms with Crippen molar-refractivity contribution >= 4 is 5.69 Å². The second kappa shape index (κ2) is 6.24. The molecule has 0 amide bonds. The van der Waals surface area contributed by atoms with Gasteiger partial charge in [-0.2, -0.15) is 0 Å². The van der Waals surface area contributed by atoms with Crippen LogP contribution in [-0.2, 0) is 6.42 Å². The van der Waals surface area contributed by atoms with Crippen molar-refractivity contribution in [1.29, 1.82) is 0 Å². The quantitative estimate of drug-likeness (QED) is 0.771. The van der Waals surface area contributed by atoms with Crippen LogP contribution in [0.2, 0.25) is 0 Å². The third kappa shape index (κ3) is 3.04. The largest absolute Gasteiger partial charge is 0.485 e. The average molecular weight is 318 g/mol. The van der Waals surface area contributed by atoms with Crippen LogP contribution in [0.1, 0.15) is 23.7 Å². The van der Waals surface area contributed by atoms with Gasteiger partial charge in [-0.3, -0.25) is 0 Å². The highest BCUT2D eigenvalue weighted by atomic mass is 16.5. The monoisotopic (exact) mass is 318 g/mol. The molecular formula is C20H18N2O2. The van der Waals surface area contributed by atoms with E-state index in [9.17, 15) is 0 Å². The summed E-state index contributed by atoms with van der Waals surface area (Å²) in [5.41, 5.74) is 8.67. The Morgan fingerprint density at radius 1 is 1.04 bits per heavy atom. The SMILES string of the molecule is Nc1ccc(Oc2ccc3c(c2)OC(c2ccccc2)CC3)nc1. The highest BCUT2D eigenvalue weighted by Gasteiger charge is 2.21. The van der Waals surface area contributed by atoms with Gasteiger partial charge in [-0.25, -0.2) is 4.98 Å². The van der Waals surface area contributed by atoms with Gasteiger partial charge in [-0.05, 0) is 36.1 Å². The van der Waals surface area contributed by atoms with E-state index in [0.717, 1.165) is 18.6 Å². The van der Waals surface area contributed by atoms with Gasteiger partial charge in [-0.15, -0.1) is 0 Å². The van der Waals surface area contributed by atoms with E-state index >= 15 is 0 Å². The summed E-state index contributed by atoms with van der Waals surface area (Å²) < 4.78 is 12.0. The van der Waals surface area contributed by atoms with Crippen molar-refractivity contribution in [3.05, 3.63) is 78.0 Å². The van der Waals surface area contributed by atoms with Crippen molar-refractivity contribution in [3.8, 4) is 17.4 Å². The zero-order valence-electron chi connectivity index (χ0n) is 13.2. The highest BCUT2D eigenvalue weighted by molar-refractivity contribution is 5.44. The first kappa shape index (κ1) is 14.6. The molecule has 2 heterocycles. The molecule has 1 unspecified atom stereocenters. The maximum Gasteiger partial charge on any atom is 0.219 e. The minimum absolute atomic E-state index is 0.0867. The number of nitrogen functional groups attached to an aromatic ring is 1. The van der Waals surface area contributed by atoms with E-state index in [-0.39, 0.29) is 6.10 Å². The van der Waals surface area contributed by atoms with Crippen LogP contribution >= 0.6 is 0 Å². The molecule has 0 radical (unpaired) electrons. The molecule has 2 aromatic carbocycles. The molecule has 1 aromatic heterocycles. The summed E-state index contributed by atoms with van der Waals surface area (Å²) in [6.45, 7) is 0. The van der Waals surface area contributed by atoms with Crippen LogP contribution < -0.4 is 15.2 Å². The van der Waals surface area contributed by atoms with E-state index in [2.05, 4.69) is 23.2 Å². The van der Waals surface area contributed by atoms with Crippen LogP contribution in [0.5, 0.6) is 17.4 Å². The molecule has 0 spiro atoms. The van der Waals surface area contributed by atoms with Gasteiger partial charge in [0.15, 0.2) is 0 Å². The van der Waals surface area contributed by atoms with Gasteiger partial charge in [0.2, 0.25) is 5.88 Å². The Labute approximate surface area is 140 Å². The molecule has 0 bridgehead atoms. The van der Waals surface area contributed by atoms with E-state index in [1.807, 2.05) is 30.3 Å². The molecule has 4 heteroatoms. The number of nitrogens with two attached hydrogens (primary N) is 1. The van der Waals surface area contributed by atoms with Crippen molar-refractivity contribution in [3.63, 3.8) is 0 Å². The molecular weight excluding hydrogens is 300 g/mol. The first-order chi connectivity index (χ1) is 11.8. The number of aryl methyl sites for hydroxylation is 1. The highest BCUT2D eigenvalue weighted by Crippen LogP contribution is 2.37. The summed E-state index contributed by atoms with van der Waals surface area (Å²) in [7, 11) is 0. The Hall–Kier alpha value is -3.01. The smallest absolute Gasteiger partial charge is 0.219 e. The second-order valence-corrected chi connectivity index (χ2v) is 5.86. The molecule has 24 heavy (non-hydrogen) atoms. The second-order valence-electron chi connectivity index (χ2n) is 5.86. The predicted octanol–water partition coefficient (Wildman–Crippen LogP) is 4.52. The van der Waals surface area contributed by atoms with E-state index in [0.29, 0.717) is 17.3 Å². The van der Waals surface area contributed by atoms with E-state index in [1.54, 1.807) is 18.3 Å². The van der Waals surface area contributed by atoms with Gasteiger partial charge in [0.25, 0.3) is 0 Å². The number of anilines is 1. The number of pyridine rings is 1. The lowest BCUT2D eigenvalue weighted by molar-refractivity contribution is 0.176. The Kier molecular flexibility index (Phi) is 3.79. The zero-order valence-corrected chi connectivity index (χ0v) is 13.2. The number of benzene rings is 2. The van der Waals surface area contributed by atoms with Gasteiger partial charge in [0.05, 0.1) is 11.9 Å². The first-order valence-electron chi connectivity index (χ1n) is 8.02. The maximum absolute atomic E-state index is 6.20. The minimum Gasteiger partial charge on any atom is -0.485 e. The van der Waals surface area contributed by atoms with Crippen molar-refractivity contribution in [1.82, 2.24) is 4.98 Å². The summed E-state index contributed by atoms with van der Waals surface area (Å²) in [5, 5.41) is 0. The molecule has 120 valence electrons. The van der Waals surface area contributed by atoms with Crippen molar-refractivity contribution < 1.29 is 9.47 Å². The summed E-state index contributed by atoms with van der Waals surface area (Å²) in [6, 6.07) is 19.8. The van der Waals surface area contributed by atoms with Crippen LogP contribution in [0.4, 0.5) is 5.69 Å². The minimum atomic E-state index is 0.0867. The van der Waals surface area contributed by atoms with Crippen molar-refractivity contribution in [2.45, 2.75) is 18.9 Å². The number of fused-ring (bicyclic) bond motifs is 1. The summed E-state index contributed by atoms with van der Waals surface area (Å²) in [4.78, 5) is 4.16. The normalized spacial score (nSPS) is 16.1. The fourth-order valence-electron chi connectivity index (χ4n) is 2.89. The van der Waals surface area contributed by atoms with Crippen LogP contribution in [0.3, 0.4) is 0 Å². The van der Waals surface area contributed by atoms with Crippen molar-refractivity contribution in [2.24, 2.45) is 0 Å².